The lowest BCUT2D eigenvalue weighted by Crippen LogP contribution is -2.28. The van der Waals surface area contributed by atoms with Crippen LogP contribution in [0.4, 0.5) is 10.5 Å². The Labute approximate surface area is 128 Å². The molecular weight excluding hydrogens is 280 g/mol. The number of rotatable bonds is 5. The Hall–Kier alpha value is -2.63. The molecule has 6 heteroatoms. The van der Waals surface area contributed by atoms with E-state index in [1.165, 1.54) is 12.8 Å². The molecule has 0 radical (unpaired) electrons. The molecule has 1 aliphatic rings. The van der Waals surface area contributed by atoms with Crippen LogP contribution in [0.2, 0.25) is 0 Å². The van der Waals surface area contributed by atoms with Gasteiger partial charge in [0, 0.05) is 23.4 Å². The molecule has 1 saturated carbocycles. The summed E-state index contributed by atoms with van der Waals surface area (Å²) in [4.78, 5) is 20.4. The molecule has 2 aromatic rings. The van der Waals surface area contributed by atoms with E-state index >= 15 is 0 Å². The third kappa shape index (κ3) is 3.72. The summed E-state index contributed by atoms with van der Waals surface area (Å²) < 4.78 is 5.12. The number of nitrogens with one attached hydrogen (secondary N) is 2. The molecule has 1 heterocycles. The number of carbonyl (C=O) groups is 1. The molecular formula is C16H18N4O2. The van der Waals surface area contributed by atoms with E-state index in [-0.39, 0.29) is 6.03 Å². The standard InChI is InChI=1S/C16H18N4O2/c1-22-14-4-2-3-12(7-14)20-16(21)17-9-13-8-15(11-5-6-11)19-10-18-13/h2-4,7-8,10-11H,5-6,9H2,1H3,(H2,17,20,21). The fourth-order valence-electron chi connectivity index (χ4n) is 2.16. The largest absolute Gasteiger partial charge is 0.497 e. The molecule has 1 aromatic carbocycles. The fraction of sp³-hybridized carbons (Fsp3) is 0.312. The van der Waals surface area contributed by atoms with Gasteiger partial charge in [0.25, 0.3) is 0 Å². The van der Waals surface area contributed by atoms with Crippen LogP contribution in [-0.2, 0) is 6.54 Å². The van der Waals surface area contributed by atoms with Gasteiger partial charge in [-0.1, -0.05) is 6.07 Å². The Balaban J connectivity index is 1.54. The molecule has 1 aromatic heterocycles. The quantitative estimate of drug-likeness (QED) is 0.890. The van der Waals surface area contributed by atoms with Gasteiger partial charge in [0.05, 0.1) is 19.3 Å². The van der Waals surface area contributed by atoms with Gasteiger partial charge in [-0.3, -0.25) is 0 Å². The van der Waals surface area contributed by atoms with Crippen molar-refractivity contribution in [1.29, 1.82) is 0 Å². The molecule has 0 unspecified atom stereocenters. The summed E-state index contributed by atoms with van der Waals surface area (Å²) in [5.41, 5.74) is 2.57. The van der Waals surface area contributed by atoms with Gasteiger partial charge < -0.3 is 15.4 Å². The first kappa shape index (κ1) is 14.3. The maximum absolute atomic E-state index is 11.9. The molecule has 1 aliphatic carbocycles. The van der Waals surface area contributed by atoms with E-state index in [2.05, 4.69) is 20.6 Å². The van der Waals surface area contributed by atoms with Gasteiger partial charge in [-0.2, -0.15) is 0 Å². The first-order valence-corrected chi connectivity index (χ1v) is 7.24. The van der Waals surface area contributed by atoms with Gasteiger partial charge >= 0.3 is 6.03 Å². The predicted octanol–water partition coefficient (Wildman–Crippen LogP) is 2.68. The first-order chi connectivity index (χ1) is 10.7. The van der Waals surface area contributed by atoms with E-state index in [4.69, 9.17) is 4.74 Å². The average Bonchev–Trinajstić information content (AvgIpc) is 3.38. The normalized spacial score (nSPS) is 13.5. The highest BCUT2D eigenvalue weighted by molar-refractivity contribution is 5.89. The number of anilines is 1. The number of urea groups is 1. The Kier molecular flexibility index (Phi) is 4.18. The van der Waals surface area contributed by atoms with Crippen molar-refractivity contribution in [3.8, 4) is 5.75 Å². The first-order valence-electron chi connectivity index (χ1n) is 7.24. The van der Waals surface area contributed by atoms with Crippen molar-refractivity contribution in [2.24, 2.45) is 0 Å². The number of amides is 2. The number of hydrogen-bond donors (Lipinski definition) is 2. The maximum atomic E-state index is 11.9. The molecule has 2 N–H and O–H groups in total. The lowest BCUT2D eigenvalue weighted by molar-refractivity contribution is 0.251. The molecule has 22 heavy (non-hydrogen) atoms. The van der Waals surface area contributed by atoms with Crippen molar-refractivity contribution in [3.63, 3.8) is 0 Å². The minimum atomic E-state index is -0.278. The topological polar surface area (TPSA) is 76.1 Å². The highest BCUT2D eigenvalue weighted by atomic mass is 16.5. The third-order valence-electron chi connectivity index (χ3n) is 3.50. The Bertz CT molecular complexity index is 671. The highest BCUT2D eigenvalue weighted by Gasteiger charge is 2.25. The van der Waals surface area contributed by atoms with Crippen LogP contribution in [0.15, 0.2) is 36.7 Å². The van der Waals surface area contributed by atoms with E-state index in [1.54, 1.807) is 25.6 Å². The Morgan fingerprint density at radius 1 is 1.32 bits per heavy atom. The van der Waals surface area contributed by atoms with Crippen molar-refractivity contribution in [2.45, 2.75) is 25.3 Å². The Morgan fingerprint density at radius 2 is 2.18 bits per heavy atom. The molecule has 0 aliphatic heterocycles. The van der Waals surface area contributed by atoms with Crippen LogP contribution in [0.5, 0.6) is 5.75 Å². The van der Waals surface area contributed by atoms with E-state index in [0.717, 1.165) is 11.4 Å². The SMILES string of the molecule is COc1cccc(NC(=O)NCc2cc(C3CC3)ncn2)c1. The fourth-order valence-corrected chi connectivity index (χ4v) is 2.16. The number of nitrogens with zero attached hydrogens (tertiary/aromatic N) is 2. The van der Waals surface area contributed by atoms with Gasteiger partial charge in [0.2, 0.25) is 0 Å². The lowest BCUT2D eigenvalue weighted by atomic mass is 10.2. The molecule has 2 amide bonds. The van der Waals surface area contributed by atoms with E-state index in [9.17, 15) is 4.79 Å². The minimum Gasteiger partial charge on any atom is -0.497 e. The molecule has 6 nitrogen and oxygen atoms in total. The van der Waals surface area contributed by atoms with Gasteiger partial charge in [0.15, 0.2) is 0 Å². The van der Waals surface area contributed by atoms with Crippen LogP contribution in [0.1, 0.15) is 30.1 Å². The predicted molar refractivity (Wildman–Crippen MR) is 82.9 cm³/mol. The third-order valence-corrected chi connectivity index (χ3v) is 3.50. The lowest BCUT2D eigenvalue weighted by Gasteiger charge is -2.09. The summed E-state index contributed by atoms with van der Waals surface area (Å²) in [5.74, 6) is 1.27. The smallest absolute Gasteiger partial charge is 0.319 e. The van der Waals surface area contributed by atoms with Crippen LogP contribution in [0.25, 0.3) is 0 Å². The zero-order valence-corrected chi connectivity index (χ0v) is 12.4. The van der Waals surface area contributed by atoms with Crippen molar-refractivity contribution in [1.82, 2.24) is 15.3 Å². The summed E-state index contributed by atoms with van der Waals surface area (Å²) >= 11 is 0. The highest BCUT2D eigenvalue weighted by Crippen LogP contribution is 2.38. The van der Waals surface area contributed by atoms with Crippen molar-refractivity contribution in [2.75, 3.05) is 12.4 Å². The second-order valence-corrected chi connectivity index (χ2v) is 5.25. The van der Waals surface area contributed by atoms with Gasteiger partial charge in [-0.15, -0.1) is 0 Å². The van der Waals surface area contributed by atoms with E-state index in [1.807, 2.05) is 18.2 Å². The molecule has 0 atom stereocenters. The average molecular weight is 298 g/mol. The monoisotopic (exact) mass is 298 g/mol. The Morgan fingerprint density at radius 3 is 2.95 bits per heavy atom. The summed E-state index contributed by atoms with van der Waals surface area (Å²) in [6.07, 6.45) is 3.95. The second-order valence-electron chi connectivity index (χ2n) is 5.25. The summed E-state index contributed by atoms with van der Waals surface area (Å²) in [6, 6.07) is 8.89. The minimum absolute atomic E-state index is 0.278. The van der Waals surface area contributed by atoms with Crippen LogP contribution in [-0.4, -0.2) is 23.1 Å². The van der Waals surface area contributed by atoms with Crippen LogP contribution < -0.4 is 15.4 Å². The molecule has 3 rings (SSSR count). The van der Waals surface area contributed by atoms with Gasteiger partial charge in [-0.25, -0.2) is 14.8 Å². The van der Waals surface area contributed by atoms with Crippen molar-refractivity contribution >= 4 is 11.7 Å². The zero-order chi connectivity index (χ0) is 15.4. The van der Waals surface area contributed by atoms with E-state index < -0.39 is 0 Å². The van der Waals surface area contributed by atoms with E-state index in [0.29, 0.717) is 23.9 Å². The van der Waals surface area contributed by atoms with Crippen LogP contribution in [0.3, 0.4) is 0 Å². The molecule has 0 saturated heterocycles. The summed E-state index contributed by atoms with van der Waals surface area (Å²) in [5, 5.41) is 5.55. The molecule has 114 valence electrons. The van der Waals surface area contributed by atoms with Crippen LogP contribution in [0, 0.1) is 0 Å². The maximum Gasteiger partial charge on any atom is 0.319 e. The number of benzene rings is 1. The molecule has 1 fully saturated rings. The number of aromatic nitrogens is 2. The number of ether oxygens (including phenoxy) is 1. The zero-order valence-electron chi connectivity index (χ0n) is 12.4. The summed E-state index contributed by atoms with van der Waals surface area (Å²) in [6.45, 7) is 0.373. The van der Waals surface area contributed by atoms with Crippen LogP contribution >= 0.6 is 0 Å². The number of carbonyl (C=O) groups excluding carboxylic acids is 1. The van der Waals surface area contributed by atoms with Crippen molar-refractivity contribution < 1.29 is 9.53 Å². The van der Waals surface area contributed by atoms with Gasteiger partial charge in [-0.05, 0) is 31.0 Å². The molecule has 0 spiro atoms. The number of hydrogen-bond acceptors (Lipinski definition) is 4. The number of methoxy groups -OCH3 is 1. The second kappa shape index (κ2) is 6.43. The van der Waals surface area contributed by atoms with Gasteiger partial charge in [0.1, 0.15) is 12.1 Å². The van der Waals surface area contributed by atoms with Crippen molar-refractivity contribution in [3.05, 3.63) is 48.0 Å². The molecule has 0 bridgehead atoms. The summed E-state index contributed by atoms with van der Waals surface area (Å²) in [7, 11) is 1.59.